The summed E-state index contributed by atoms with van der Waals surface area (Å²) < 4.78 is 5.73. The van der Waals surface area contributed by atoms with E-state index < -0.39 is 0 Å². The van der Waals surface area contributed by atoms with Gasteiger partial charge in [-0.1, -0.05) is 32.9 Å². The van der Waals surface area contributed by atoms with Crippen molar-refractivity contribution in [3.05, 3.63) is 12.2 Å². The predicted octanol–water partition coefficient (Wildman–Crippen LogP) is 2.99. The van der Waals surface area contributed by atoms with E-state index in [0.29, 0.717) is 30.4 Å². The fourth-order valence-corrected chi connectivity index (χ4v) is 3.26. The van der Waals surface area contributed by atoms with Gasteiger partial charge in [-0.05, 0) is 48.9 Å². The van der Waals surface area contributed by atoms with Crippen molar-refractivity contribution in [2.24, 2.45) is 23.2 Å². The molecule has 1 fully saturated rings. The third-order valence-corrected chi connectivity index (χ3v) is 5.53. The van der Waals surface area contributed by atoms with E-state index in [1.807, 2.05) is 0 Å². The second-order valence-electron chi connectivity index (χ2n) is 7.52. The van der Waals surface area contributed by atoms with E-state index in [0.717, 1.165) is 31.9 Å². The van der Waals surface area contributed by atoms with Crippen LogP contribution in [0.1, 0.15) is 46.5 Å². The zero-order chi connectivity index (χ0) is 15.3. The van der Waals surface area contributed by atoms with Crippen LogP contribution in [-0.4, -0.2) is 37.5 Å². The molecule has 0 amide bonds. The first-order valence-electron chi connectivity index (χ1n) is 8.65. The Morgan fingerprint density at radius 3 is 2.62 bits per heavy atom. The molecule has 0 bridgehead atoms. The standard InChI is InChI=1S/C18H33NO2/c1-14(2)18(8-9-18)13-19-10-17(20)12-21-11-16-7-5-4-6-15(16)3/h4-5,14-17,19-20H,6-13H2,1-3H3. The van der Waals surface area contributed by atoms with Crippen LogP contribution in [0.5, 0.6) is 0 Å². The molecule has 3 atom stereocenters. The van der Waals surface area contributed by atoms with Crippen LogP contribution in [0.4, 0.5) is 0 Å². The van der Waals surface area contributed by atoms with Crippen LogP contribution in [0.3, 0.4) is 0 Å². The summed E-state index contributed by atoms with van der Waals surface area (Å²) in [6, 6.07) is 0. The van der Waals surface area contributed by atoms with Crippen molar-refractivity contribution in [3.63, 3.8) is 0 Å². The second kappa shape index (κ2) is 7.75. The van der Waals surface area contributed by atoms with Gasteiger partial charge in [0.25, 0.3) is 0 Å². The van der Waals surface area contributed by atoms with Crippen LogP contribution >= 0.6 is 0 Å². The molecule has 0 spiro atoms. The van der Waals surface area contributed by atoms with E-state index in [4.69, 9.17) is 4.74 Å². The summed E-state index contributed by atoms with van der Waals surface area (Å²) in [5.41, 5.74) is 0.504. The Balaban J connectivity index is 1.53. The summed E-state index contributed by atoms with van der Waals surface area (Å²) in [5, 5.41) is 13.4. The Kier molecular flexibility index (Phi) is 6.27. The van der Waals surface area contributed by atoms with Crippen LogP contribution in [0, 0.1) is 23.2 Å². The SMILES string of the molecule is CC1CC=CCC1COCC(O)CNCC1(C(C)C)CC1. The Labute approximate surface area is 130 Å². The molecule has 0 aromatic rings. The van der Waals surface area contributed by atoms with Gasteiger partial charge in [0, 0.05) is 13.1 Å². The van der Waals surface area contributed by atoms with Gasteiger partial charge < -0.3 is 15.2 Å². The maximum absolute atomic E-state index is 10.00. The summed E-state index contributed by atoms with van der Waals surface area (Å²) in [6.07, 6.45) is 9.08. The fourth-order valence-electron chi connectivity index (χ4n) is 3.26. The highest BCUT2D eigenvalue weighted by Gasteiger charge is 2.44. The van der Waals surface area contributed by atoms with Crippen LogP contribution < -0.4 is 5.32 Å². The van der Waals surface area contributed by atoms with E-state index in [-0.39, 0.29) is 6.10 Å². The lowest BCUT2D eigenvalue weighted by Crippen LogP contribution is -2.36. The average molecular weight is 295 g/mol. The number of hydrogen-bond acceptors (Lipinski definition) is 3. The Morgan fingerprint density at radius 1 is 1.29 bits per heavy atom. The maximum atomic E-state index is 10.00. The van der Waals surface area contributed by atoms with Crippen molar-refractivity contribution in [2.75, 3.05) is 26.3 Å². The lowest BCUT2D eigenvalue weighted by atomic mass is 9.85. The van der Waals surface area contributed by atoms with Gasteiger partial charge in [-0.25, -0.2) is 0 Å². The molecule has 122 valence electrons. The first kappa shape index (κ1) is 17.0. The van der Waals surface area contributed by atoms with Crippen molar-refractivity contribution in [3.8, 4) is 0 Å². The van der Waals surface area contributed by atoms with E-state index >= 15 is 0 Å². The first-order valence-corrected chi connectivity index (χ1v) is 8.65. The van der Waals surface area contributed by atoms with Crippen molar-refractivity contribution in [2.45, 2.75) is 52.6 Å². The molecule has 2 rings (SSSR count). The minimum Gasteiger partial charge on any atom is -0.389 e. The van der Waals surface area contributed by atoms with E-state index in [2.05, 4.69) is 38.2 Å². The van der Waals surface area contributed by atoms with Crippen molar-refractivity contribution >= 4 is 0 Å². The van der Waals surface area contributed by atoms with E-state index in [9.17, 15) is 5.11 Å². The van der Waals surface area contributed by atoms with Gasteiger partial charge in [0.15, 0.2) is 0 Å². The molecule has 3 heteroatoms. The number of hydrogen-bond donors (Lipinski definition) is 2. The summed E-state index contributed by atoms with van der Waals surface area (Å²) in [5.74, 6) is 2.05. The molecule has 0 heterocycles. The molecular formula is C18H33NO2. The summed E-state index contributed by atoms with van der Waals surface area (Å²) in [7, 11) is 0. The molecule has 2 N–H and O–H groups in total. The van der Waals surface area contributed by atoms with Gasteiger partial charge in [0.2, 0.25) is 0 Å². The maximum Gasteiger partial charge on any atom is 0.0897 e. The van der Waals surface area contributed by atoms with Crippen molar-refractivity contribution in [1.29, 1.82) is 0 Å². The average Bonchev–Trinajstić information content (AvgIpc) is 3.22. The quantitative estimate of drug-likeness (QED) is 0.643. The van der Waals surface area contributed by atoms with E-state index in [1.54, 1.807) is 0 Å². The number of aliphatic hydroxyl groups is 1. The molecule has 2 aliphatic rings. The second-order valence-corrected chi connectivity index (χ2v) is 7.52. The van der Waals surface area contributed by atoms with Gasteiger partial charge in [-0.2, -0.15) is 0 Å². The van der Waals surface area contributed by atoms with Gasteiger partial charge in [0.05, 0.1) is 19.3 Å². The molecule has 0 aromatic carbocycles. The van der Waals surface area contributed by atoms with Crippen LogP contribution in [-0.2, 0) is 4.74 Å². The molecule has 3 unspecified atom stereocenters. The normalized spacial score (nSPS) is 28.8. The number of rotatable bonds is 9. The largest absolute Gasteiger partial charge is 0.389 e. The molecule has 0 saturated heterocycles. The van der Waals surface area contributed by atoms with Crippen LogP contribution in [0.15, 0.2) is 12.2 Å². The minimum absolute atomic E-state index is 0.387. The minimum atomic E-state index is -0.387. The highest BCUT2D eigenvalue weighted by molar-refractivity contribution is 4.97. The molecule has 0 radical (unpaired) electrons. The zero-order valence-corrected chi connectivity index (χ0v) is 14.0. The molecule has 3 nitrogen and oxygen atoms in total. The van der Waals surface area contributed by atoms with Crippen molar-refractivity contribution in [1.82, 2.24) is 5.32 Å². The van der Waals surface area contributed by atoms with Gasteiger partial charge in [-0.3, -0.25) is 0 Å². The van der Waals surface area contributed by atoms with Crippen LogP contribution in [0.2, 0.25) is 0 Å². The molecule has 2 aliphatic carbocycles. The Hall–Kier alpha value is -0.380. The number of ether oxygens (including phenoxy) is 1. The lowest BCUT2D eigenvalue weighted by Gasteiger charge is -2.25. The number of allylic oxidation sites excluding steroid dienone is 2. The number of aliphatic hydroxyl groups excluding tert-OH is 1. The molecular weight excluding hydrogens is 262 g/mol. The van der Waals surface area contributed by atoms with Gasteiger partial charge in [-0.15, -0.1) is 0 Å². The number of nitrogens with one attached hydrogen (secondary N) is 1. The highest BCUT2D eigenvalue weighted by atomic mass is 16.5. The Morgan fingerprint density at radius 2 is 2.00 bits per heavy atom. The van der Waals surface area contributed by atoms with Crippen molar-refractivity contribution < 1.29 is 9.84 Å². The molecule has 0 aromatic heterocycles. The van der Waals surface area contributed by atoms with Gasteiger partial charge in [0.1, 0.15) is 0 Å². The summed E-state index contributed by atoms with van der Waals surface area (Å²) in [6.45, 7) is 9.80. The predicted molar refractivity (Wildman–Crippen MR) is 87.2 cm³/mol. The zero-order valence-electron chi connectivity index (χ0n) is 14.0. The van der Waals surface area contributed by atoms with Crippen LogP contribution in [0.25, 0.3) is 0 Å². The monoisotopic (exact) mass is 295 g/mol. The lowest BCUT2D eigenvalue weighted by molar-refractivity contribution is 0.0123. The topological polar surface area (TPSA) is 41.5 Å². The third-order valence-electron chi connectivity index (χ3n) is 5.53. The molecule has 21 heavy (non-hydrogen) atoms. The fraction of sp³-hybridized carbons (Fsp3) is 0.889. The Bertz CT molecular complexity index is 336. The summed E-state index contributed by atoms with van der Waals surface area (Å²) in [4.78, 5) is 0. The summed E-state index contributed by atoms with van der Waals surface area (Å²) >= 11 is 0. The third kappa shape index (κ3) is 5.08. The molecule has 0 aliphatic heterocycles. The van der Waals surface area contributed by atoms with E-state index in [1.165, 1.54) is 12.8 Å². The first-order chi connectivity index (χ1) is 10.0. The highest BCUT2D eigenvalue weighted by Crippen LogP contribution is 2.51. The smallest absolute Gasteiger partial charge is 0.0897 e. The van der Waals surface area contributed by atoms with Gasteiger partial charge >= 0.3 is 0 Å². The molecule has 1 saturated carbocycles.